The standard InChI is InChI=1S/C15H30N2O/c1-3-8-16-15(12-18,14-5-6-14)11-17-9-7-13(4-2)10-17/h13-14,16,18H,3-12H2,1-2H3. The summed E-state index contributed by atoms with van der Waals surface area (Å²) in [6, 6.07) is 0. The zero-order valence-corrected chi connectivity index (χ0v) is 12.1. The van der Waals surface area contributed by atoms with Gasteiger partial charge in [0.2, 0.25) is 0 Å². The van der Waals surface area contributed by atoms with Gasteiger partial charge in [-0.15, -0.1) is 0 Å². The number of nitrogens with one attached hydrogen (secondary N) is 1. The third kappa shape index (κ3) is 3.25. The van der Waals surface area contributed by atoms with Crippen molar-refractivity contribution in [1.29, 1.82) is 0 Å². The maximum absolute atomic E-state index is 9.91. The van der Waals surface area contributed by atoms with E-state index in [2.05, 4.69) is 24.1 Å². The fourth-order valence-electron chi connectivity index (χ4n) is 3.36. The Balaban J connectivity index is 1.92. The van der Waals surface area contributed by atoms with Gasteiger partial charge in [0.1, 0.15) is 0 Å². The summed E-state index contributed by atoms with van der Waals surface area (Å²) in [5.41, 5.74) is -0.0152. The van der Waals surface area contributed by atoms with Gasteiger partial charge in [-0.2, -0.15) is 0 Å². The maximum Gasteiger partial charge on any atom is 0.0628 e. The lowest BCUT2D eigenvalue weighted by molar-refractivity contribution is 0.0987. The molecule has 3 heteroatoms. The normalized spacial score (nSPS) is 28.5. The quantitative estimate of drug-likeness (QED) is 0.694. The molecule has 0 amide bonds. The minimum atomic E-state index is -0.0152. The molecule has 0 bridgehead atoms. The summed E-state index contributed by atoms with van der Waals surface area (Å²) in [7, 11) is 0. The average Bonchev–Trinajstić information content (AvgIpc) is 3.16. The summed E-state index contributed by atoms with van der Waals surface area (Å²) in [5.74, 6) is 1.58. The summed E-state index contributed by atoms with van der Waals surface area (Å²) in [6.45, 7) is 9.33. The van der Waals surface area contributed by atoms with E-state index in [0.717, 1.165) is 25.4 Å². The van der Waals surface area contributed by atoms with Gasteiger partial charge < -0.3 is 15.3 Å². The molecule has 2 rings (SSSR count). The minimum absolute atomic E-state index is 0.0152. The van der Waals surface area contributed by atoms with Crippen molar-refractivity contribution in [3.63, 3.8) is 0 Å². The number of aliphatic hydroxyl groups is 1. The summed E-state index contributed by atoms with van der Waals surface area (Å²) in [6.07, 6.45) is 6.38. The zero-order chi connectivity index (χ0) is 13.0. The first kappa shape index (κ1) is 14.3. The number of rotatable bonds is 8. The van der Waals surface area contributed by atoms with Crippen LogP contribution >= 0.6 is 0 Å². The number of aliphatic hydroxyl groups excluding tert-OH is 1. The Kier molecular flexibility index (Phi) is 5.05. The van der Waals surface area contributed by atoms with Gasteiger partial charge in [0.05, 0.1) is 12.1 Å². The van der Waals surface area contributed by atoms with Crippen molar-refractivity contribution < 1.29 is 5.11 Å². The van der Waals surface area contributed by atoms with E-state index in [0.29, 0.717) is 12.5 Å². The Labute approximate surface area is 112 Å². The van der Waals surface area contributed by atoms with Crippen molar-refractivity contribution in [2.45, 2.75) is 51.5 Å². The fraction of sp³-hybridized carbons (Fsp3) is 1.00. The molecule has 0 spiro atoms. The Morgan fingerprint density at radius 2 is 2.06 bits per heavy atom. The molecular formula is C15H30N2O. The molecule has 1 saturated heterocycles. The topological polar surface area (TPSA) is 35.5 Å². The van der Waals surface area contributed by atoms with Crippen LogP contribution in [0.25, 0.3) is 0 Å². The molecule has 0 aromatic heterocycles. The van der Waals surface area contributed by atoms with E-state index in [9.17, 15) is 5.11 Å². The van der Waals surface area contributed by atoms with Gasteiger partial charge in [-0.3, -0.25) is 0 Å². The van der Waals surface area contributed by atoms with Gasteiger partial charge in [0.15, 0.2) is 0 Å². The van der Waals surface area contributed by atoms with Crippen LogP contribution in [-0.4, -0.2) is 48.3 Å². The maximum atomic E-state index is 9.91. The van der Waals surface area contributed by atoms with E-state index in [1.807, 2.05) is 0 Å². The third-order valence-corrected chi connectivity index (χ3v) is 4.82. The van der Waals surface area contributed by atoms with Gasteiger partial charge in [-0.25, -0.2) is 0 Å². The van der Waals surface area contributed by atoms with E-state index in [4.69, 9.17) is 0 Å². The second-order valence-electron chi connectivity index (χ2n) is 6.31. The Bertz CT molecular complexity index is 255. The Hall–Kier alpha value is -0.120. The van der Waals surface area contributed by atoms with E-state index < -0.39 is 0 Å². The highest BCUT2D eigenvalue weighted by molar-refractivity contribution is 5.03. The number of hydrogen-bond donors (Lipinski definition) is 2. The highest BCUT2D eigenvalue weighted by Gasteiger charge is 2.45. The van der Waals surface area contributed by atoms with Crippen LogP contribution in [0, 0.1) is 11.8 Å². The molecule has 1 aliphatic carbocycles. The lowest BCUT2D eigenvalue weighted by atomic mass is 9.93. The van der Waals surface area contributed by atoms with Crippen molar-refractivity contribution in [2.75, 3.05) is 32.8 Å². The van der Waals surface area contributed by atoms with Gasteiger partial charge in [0.25, 0.3) is 0 Å². The van der Waals surface area contributed by atoms with Crippen LogP contribution in [0.4, 0.5) is 0 Å². The molecule has 3 nitrogen and oxygen atoms in total. The van der Waals surface area contributed by atoms with Crippen LogP contribution in [0.15, 0.2) is 0 Å². The number of hydrogen-bond acceptors (Lipinski definition) is 3. The average molecular weight is 254 g/mol. The third-order valence-electron chi connectivity index (χ3n) is 4.82. The van der Waals surface area contributed by atoms with Crippen molar-refractivity contribution >= 4 is 0 Å². The summed E-state index contributed by atoms with van der Waals surface area (Å²) in [4.78, 5) is 2.57. The van der Waals surface area contributed by atoms with Crippen LogP contribution in [0.2, 0.25) is 0 Å². The molecule has 1 saturated carbocycles. The first-order valence-electron chi connectivity index (χ1n) is 7.82. The molecule has 2 atom stereocenters. The zero-order valence-electron chi connectivity index (χ0n) is 12.1. The molecule has 2 N–H and O–H groups in total. The summed E-state index contributed by atoms with van der Waals surface area (Å²) in [5, 5.41) is 13.6. The summed E-state index contributed by atoms with van der Waals surface area (Å²) >= 11 is 0. The predicted octanol–water partition coefficient (Wildman–Crippen LogP) is 1.86. The van der Waals surface area contributed by atoms with E-state index >= 15 is 0 Å². The van der Waals surface area contributed by atoms with Gasteiger partial charge in [-0.1, -0.05) is 20.3 Å². The molecule has 0 radical (unpaired) electrons. The summed E-state index contributed by atoms with van der Waals surface area (Å²) < 4.78 is 0. The van der Waals surface area contributed by atoms with Gasteiger partial charge in [0, 0.05) is 13.1 Å². The molecule has 2 unspecified atom stereocenters. The molecule has 0 aromatic rings. The second kappa shape index (κ2) is 6.36. The molecule has 1 heterocycles. The monoisotopic (exact) mass is 254 g/mol. The first-order valence-corrected chi connectivity index (χ1v) is 7.82. The van der Waals surface area contributed by atoms with E-state index in [1.54, 1.807) is 0 Å². The van der Waals surface area contributed by atoms with Crippen LogP contribution in [-0.2, 0) is 0 Å². The van der Waals surface area contributed by atoms with Crippen LogP contribution in [0.5, 0.6) is 0 Å². The van der Waals surface area contributed by atoms with E-state index in [-0.39, 0.29) is 5.54 Å². The smallest absolute Gasteiger partial charge is 0.0628 e. The van der Waals surface area contributed by atoms with Crippen LogP contribution < -0.4 is 5.32 Å². The van der Waals surface area contributed by atoms with Crippen molar-refractivity contribution in [2.24, 2.45) is 11.8 Å². The van der Waals surface area contributed by atoms with Crippen molar-refractivity contribution in [3.05, 3.63) is 0 Å². The fourth-order valence-corrected chi connectivity index (χ4v) is 3.36. The highest BCUT2D eigenvalue weighted by atomic mass is 16.3. The number of nitrogens with zero attached hydrogens (tertiary/aromatic N) is 1. The highest BCUT2D eigenvalue weighted by Crippen LogP contribution is 2.40. The van der Waals surface area contributed by atoms with Gasteiger partial charge >= 0.3 is 0 Å². The van der Waals surface area contributed by atoms with Crippen LogP contribution in [0.1, 0.15) is 46.0 Å². The molecule has 106 valence electrons. The van der Waals surface area contributed by atoms with Gasteiger partial charge in [-0.05, 0) is 50.6 Å². The lowest BCUT2D eigenvalue weighted by Crippen LogP contribution is -2.57. The molecule has 0 aromatic carbocycles. The van der Waals surface area contributed by atoms with Crippen molar-refractivity contribution in [3.8, 4) is 0 Å². The second-order valence-corrected chi connectivity index (χ2v) is 6.31. The predicted molar refractivity (Wildman–Crippen MR) is 75.7 cm³/mol. The molecule has 1 aliphatic heterocycles. The Morgan fingerprint density at radius 3 is 2.56 bits per heavy atom. The first-order chi connectivity index (χ1) is 8.74. The molecule has 18 heavy (non-hydrogen) atoms. The largest absolute Gasteiger partial charge is 0.394 e. The van der Waals surface area contributed by atoms with E-state index in [1.165, 1.54) is 38.8 Å². The number of likely N-dealkylation sites (tertiary alicyclic amines) is 1. The molecular weight excluding hydrogens is 224 g/mol. The SMILES string of the molecule is CCCNC(CO)(CN1CCC(CC)C1)C1CC1. The molecule has 2 fully saturated rings. The minimum Gasteiger partial charge on any atom is -0.394 e. The molecule has 2 aliphatic rings. The van der Waals surface area contributed by atoms with Crippen molar-refractivity contribution in [1.82, 2.24) is 10.2 Å². The van der Waals surface area contributed by atoms with Crippen LogP contribution in [0.3, 0.4) is 0 Å². The lowest BCUT2D eigenvalue weighted by Gasteiger charge is -2.37. The Morgan fingerprint density at radius 1 is 1.28 bits per heavy atom.